The van der Waals surface area contributed by atoms with Crippen LogP contribution < -0.4 is 5.73 Å². The molecule has 1 aromatic heterocycles. The monoisotopic (exact) mass is 360 g/mol. The van der Waals surface area contributed by atoms with Gasteiger partial charge in [-0.25, -0.2) is 0 Å². The summed E-state index contributed by atoms with van der Waals surface area (Å²) in [5, 5.41) is 8.63. The van der Waals surface area contributed by atoms with E-state index in [1.807, 2.05) is 24.1 Å². The van der Waals surface area contributed by atoms with Gasteiger partial charge in [0.15, 0.2) is 5.69 Å². The number of rotatable bonds is 4. The van der Waals surface area contributed by atoms with Crippen molar-refractivity contribution < 1.29 is 4.79 Å². The summed E-state index contributed by atoms with van der Waals surface area (Å²) in [4.78, 5) is 14.4. The minimum Gasteiger partial charge on any atom is -0.337 e. The number of nitrogens with two attached hydrogens (primary N) is 1. The van der Waals surface area contributed by atoms with E-state index in [1.54, 1.807) is 18.3 Å². The van der Waals surface area contributed by atoms with E-state index < -0.39 is 0 Å². The number of hydrogen-bond donors (Lipinski definition) is 1. The molecule has 0 spiro atoms. The standard InChI is InChI=1S/C19H25ClN4O/c1-24(18(25)17-6-3-11-22-23-17)16-7-9-19(13-21,10-8-16)14-4-2-5-15(20)12-14/h2-6,11,14,16H,7-10,12-13,21H2,1H3/t14?,16-,19-. The Balaban J connectivity index is 1.65. The molecular formula is C19H25ClN4O. The van der Waals surface area contributed by atoms with Gasteiger partial charge >= 0.3 is 0 Å². The first kappa shape index (κ1) is 18.1. The van der Waals surface area contributed by atoms with Crippen molar-refractivity contribution in [2.45, 2.75) is 38.1 Å². The third-order valence-corrected chi connectivity index (χ3v) is 6.12. The van der Waals surface area contributed by atoms with Crippen molar-refractivity contribution in [1.29, 1.82) is 0 Å². The third kappa shape index (κ3) is 3.77. The maximum Gasteiger partial charge on any atom is 0.274 e. The molecule has 134 valence electrons. The van der Waals surface area contributed by atoms with Gasteiger partial charge in [-0.05, 0) is 68.2 Å². The van der Waals surface area contributed by atoms with Gasteiger partial charge in [0.2, 0.25) is 0 Å². The molecule has 2 aliphatic rings. The van der Waals surface area contributed by atoms with Crippen molar-refractivity contribution in [3.8, 4) is 0 Å². The van der Waals surface area contributed by atoms with Crippen LogP contribution in [0, 0.1) is 11.3 Å². The number of amides is 1. The topological polar surface area (TPSA) is 72.1 Å². The lowest BCUT2D eigenvalue weighted by molar-refractivity contribution is 0.0524. The Kier molecular flexibility index (Phi) is 5.54. The molecule has 1 aromatic rings. The van der Waals surface area contributed by atoms with E-state index in [0.29, 0.717) is 18.2 Å². The van der Waals surface area contributed by atoms with Crippen LogP contribution in [0.5, 0.6) is 0 Å². The molecule has 0 radical (unpaired) electrons. The second-order valence-corrected chi connectivity index (χ2v) is 7.62. The average molecular weight is 361 g/mol. The third-order valence-electron chi connectivity index (χ3n) is 5.84. The van der Waals surface area contributed by atoms with Crippen molar-refractivity contribution in [3.63, 3.8) is 0 Å². The van der Waals surface area contributed by atoms with Gasteiger partial charge in [0, 0.05) is 24.3 Å². The lowest BCUT2D eigenvalue weighted by atomic mass is 9.63. The maximum absolute atomic E-state index is 12.6. The zero-order chi connectivity index (χ0) is 17.9. The highest BCUT2D eigenvalue weighted by atomic mass is 35.5. The van der Waals surface area contributed by atoms with Gasteiger partial charge in [0.25, 0.3) is 5.91 Å². The lowest BCUT2D eigenvalue weighted by Gasteiger charge is -2.46. The minimum atomic E-state index is -0.0677. The van der Waals surface area contributed by atoms with Gasteiger partial charge < -0.3 is 10.6 Å². The summed E-state index contributed by atoms with van der Waals surface area (Å²) in [6, 6.07) is 3.66. The first-order valence-electron chi connectivity index (χ1n) is 8.83. The number of allylic oxidation sites excluding steroid dienone is 4. The average Bonchev–Trinajstić information content (AvgIpc) is 2.67. The van der Waals surface area contributed by atoms with Crippen LogP contribution in [0.15, 0.2) is 41.6 Å². The van der Waals surface area contributed by atoms with Crippen LogP contribution in [0.3, 0.4) is 0 Å². The lowest BCUT2D eigenvalue weighted by Crippen LogP contribution is -2.47. The van der Waals surface area contributed by atoms with E-state index >= 15 is 0 Å². The summed E-state index contributed by atoms with van der Waals surface area (Å²) in [6.45, 7) is 0.653. The van der Waals surface area contributed by atoms with Gasteiger partial charge in [0.05, 0.1) is 0 Å². The highest BCUT2D eigenvalue weighted by Gasteiger charge is 2.41. The van der Waals surface area contributed by atoms with Crippen LogP contribution in [-0.4, -0.2) is 40.6 Å². The maximum atomic E-state index is 12.6. The Hall–Kier alpha value is -1.72. The quantitative estimate of drug-likeness (QED) is 0.895. The Morgan fingerprint density at radius 2 is 2.20 bits per heavy atom. The van der Waals surface area contributed by atoms with Crippen LogP contribution in [0.2, 0.25) is 0 Å². The highest BCUT2D eigenvalue weighted by Crippen LogP contribution is 2.47. The first-order valence-corrected chi connectivity index (χ1v) is 9.21. The summed E-state index contributed by atoms with van der Waals surface area (Å²) >= 11 is 6.24. The van der Waals surface area contributed by atoms with Crippen LogP contribution >= 0.6 is 11.6 Å². The van der Waals surface area contributed by atoms with Crippen LogP contribution in [0.25, 0.3) is 0 Å². The highest BCUT2D eigenvalue weighted by molar-refractivity contribution is 6.29. The predicted octanol–water partition coefficient (Wildman–Crippen LogP) is 3.14. The van der Waals surface area contributed by atoms with Crippen molar-refractivity contribution in [2.75, 3.05) is 13.6 Å². The van der Waals surface area contributed by atoms with Crippen LogP contribution in [0.1, 0.15) is 42.6 Å². The molecule has 0 aromatic carbocycles. The Morgan fingerprint density at radius 1 is 1.44 bits per heavy atom. The number of carbonyl (C=O) groups is 1. The fraction of sp³-hybridized carbons (Fsp3) is 0.526. The molecular weight excluding hydrogens is 336 g/mol. The number of aromatic nitrogens is 2. The molecule has 1 unspecified atom stereocenters. The molecule has 0 bridgehead atoms. The molecule has 2 aliphatic carbocycles. The number of nitrogens with zero attached hydrogens (tertiary/aromatic N) is 3. The molecule has 1 amide bonds. The molecule has 3 rings (SSSR count). The minimum absolute atomic E-state index is 0.0677. The van der Waals surface area contributed by atoms with E-state index in [2.05, 4.69) is 16.3 Å². The van der Waals surface area contributed by atoms with Crippen molar-refractivity contribution in [2.24, 2.45) is 17.1 Å². The molecule has 0 aliphatic heterocycles. The fourth-order valence-corrected chi connectivity index (χ4v) is 4.35. The molecule has 1 heterocycles. The summed E-state index contributed by atoms with van der Waals surface area (Å²) < 4.78 is 0. The van der Waals surface area contributed by atoms with E-state index in [4.69, 9.17) is 17.3 Å². The molecule has 25 heavy (non-hydrogen) atoms. The van der Waals surface area contributed by atoms with Gasteiger partial charge in [-0.15, -0.1) is 5.10 Å². The number of carbonyl (C=O) groups excluding carboxylic acids is 1. The summed E-state index contributed by atoms with van der Waals surface area (Å²) in [5.41, 5.74) is 6.67. The van der Waals surface area contributed by atoms with Gasteiger partial charge in [-0.1, -0.05) is 23.8 Å². The largest absolute Gasteiger partial charge is 0.337 e. The Labute approximate surface area is 153 Å². The van der Waals surface area contributed by atoms with E-state index in [0.717, 1.165) is 37.1 Å². The second kappa shape index (κ2) is 7.67. The summed E-state index contributed by atoms with van der Waals surface area (Å²) in [6.07, 6.45) is 12.6. The smallest absolute Gasteiger partial charge is 0.274 e. The van der Waals surface area contributed by atoms with Crippen molar-refractivity contribution >= 4 is 17.5 Å². The number of halogens is 1. The Morgan fingerprint density at radius 3 is 2.80 bits per heavy atom. The fourth-order valence-electron chi connectivity index (χ4n) is 4.11. The number of hydrogen-bond acceptors (Lipinski definition) is 4. The van der Waals surface area contributed by atoms with Crippen LogP contribution in [0.4, 0.5) is 0 Å². The molecule has 0 saturated heterocycles. The van der Waals surface area contributed by atoms with Crippen molar-refractivity contribution in [3.05, 3.63) is 47.3 Å². The van der Waals surface area contributed by atoms with Gasteiger partial charge in [-0.3, -0.25) is 4.79 Å². The van der Waals surface area contributed by atoms with E-state index in [1.165, 1.54) is 0 Å². The molecule has 5 nitrogen and oxygen atoms in total. The first-order chi connectivity index (χ1) is 12.1. The summed E-state index contributed by atoms with van der Waals surface area (Å²) in [5.74, 6) is 0.318. The molecule has 2 N–H and O–H groups in total. The summed E-state index contributed by atoms with van der Waals surface area (Å²) in [7, 11) is 1.86. The van der Waals surface area contributed by atoms with Gasteiger partial charge in [-0.2, -0.15) is 5.10 Å². The van der Waals surface area contributed by atoms with Crippen LogP contribution in [-0.2, 0) is 0 Å². The van der Waals surface area contributed by atoms with Gasteiger partial charge in [0.1, 0.15) is 0 Å². The molecule has 1 saturated carbocycles. The normalized spacial score (nSPS) is 29.2. The molecule has 6 heteroatoms. The van der Waals surface area contributed by atoms with Crippen molar-refractivity contribution in [1.82, 2.24) is 15.1 Å². The zero-order valence-electron chi connectivity index (χ0n) is 14.6. The Bertz CT molecular complexity index is 665. The predicted molar refractivity (Wildman–Crippen MR) is 99.1 cm³/mol. The zero-order valence-corrected chi connectivity index (χ0v) is 15.3. The molecule has 1 atom stereocenters. The van der Waals surface area contributed by atoms with E-state index in [-0.39, 0.29) is 17.4 Å². The molecule has 1 fully saturated rings. The van der Waals surface area contributed by atoms with E-state index in [9.17, 15) is 4.79 Å². The second-order valence-electron chi connectivity index (χ2n) is 7.13. The SMILES string of the molecule is CN(C(=O)c1cccnn1)[C@H]1CC[C@](CN)(C2C=CC=C(Cl)C2)CC1.